The van der Waals surface area contributed by atoms with Gasteiger partial charge in [0.05, 0.1) is 0 Å². The van der Waals surface area contributed by atoms with E-state index in [9.17, 15) is 9.59 Å². The molecule has 0 saturated heterocycles. The second-order valence-electron chi connectivity index (χ2n) is 6.77. The summed E-state index contributed by atoms with van der Waals surface area (Å²) in [5, 5.41) is 2.96. The van der Waals surface area contributed by atoms with E-state index in [-0.39, 0.29) is 11.8 Å². The first-order valence-corrected chi connectivity index (χ1v) is 8.75. The van der Waals surface area contributed by atoms with E-state index in [1.54, 1.807) is 31.1 Å². The van der Waals surface area contributed by atoms with E-state index in [0.717, 1.165) is 24.0 Å². The SMILES string of the molecule is CN(C)C(=O)c1ccc(CNC(=O)c2ccc3c(c2)CCCC3)cc1. The van der Waals surface area contributed by atoms with Crippen LogP contribution >= 0.6 is 0 Å². The van der Waals surface area contributed by atoms with Gasteiger partial charge in [0.15, 0.2) is 0 Å². The van der Waals surface area contributed by atoms with Crippen molar-refractivity contribution in [1.29, 1.82) is 0 Å². The summed E-state index contributed by atoms with van der Waals surface area (Å²) in [5.74, 6) is -0.0773. The summed E-state index contributed by atoms with van der Waals surface area (Å²) in [6.07, 6.45) is 4.63. The summed E-state index contributed by atoms with van der Waals surface area (Å²) in [5.41, 5.74) is 5.03. The molecule has 2 aromatic carbocycles. The predicted octanol–water partition coefficient (Wildman–Crippen LogP) is 3.20. The van der Waals surface area contributed by atoms with E-state index in [1.165, 1.54) is 24.0 Å². The smallest absolute Gasteiger partial charge is 0.253 e. The summed E-state index contributed by atoms with van der Waals surface area (Å²) in [7, 11) is 3.46. The molecular formula is C21H24N2O2. The van der Waals surface area contributed by atoms with Crippen LogP contribution in [-0.4, -0.2) is 30.8 Å². The molecule has 0 aliphatic heterocycles. The maximum Gasteiger partial charge on any atom is 0.253 e. The lowest BCUT2D eigenvalue weighted by Gasteiger charge is -2.16. The molecule has 0 heterocycles. The van der Waals surface area contributed by atoms with E-state index in [4.69, 9.17) is 0 Å². The molecule has 3 rings (SSSR count). The van der Waals surface area contributed by atoms with Crippen molar-refractivity contribution in [2.75, 3.05) is 14.1 Å². The number of aryl methyl sites for hydroxylation is 2. The molecule has 1 aliphatic carbocycles. The molecular weight excluding hydrogens is 312 g/mol. The second kappa shape index (κ2) is 7.51. The van der Waals surface area contributed by atoms with Gasteiger partial charge in [0.1, 0.15) is 0 Å². The lowest BCUT2D eigenvalue weighted by molar-refractivity contribution is 0.0827. The van der Waals surface area contributed by atoms with E-state index < -0.39 is 0 Å². The minimum absolute atomic E-state index is 0.0235. The average Bonchev–Trinajstić information content (AvgIpc) is 2.65. The van der Waals surface area contributed by atoms with Gasteiger partial charge in [-0.25, -0.2) is 0 Å². The normalized spacial score (nSPS) is 13.0. The van der Waals surface area contributed by atoms with Gasteiger partial charge >= 0.3 is 0 Å². The number of fused-ring (bicyclic) bond motifs is 1. The first-order valence-electron chi connectivity index (χ1n) is 8.75. The van der Waals surface area contributed by atoms with Crippen LogP contribution in [0.25, 0.3) is 0 Å². The van der Waals surface area contributed by atoms with Gasteiger partial charge in [-0.1, -0.05) is 18.2 Å². The summed E-state index contributed by atoms with van der Waals surface area (Å²) in [4.78, 5) is 25.8. The molecule has 0 unspecified atom stereocenters. The Morgan fingerprint density at radius 1 is 0.920 bits per heavy atom. The van der Waals surface area contributed by atoms with Crippen LogP contribution in [0.15, 0.2) is 42.5 Å². The number of nitrogens with one attached hydrogen (secondary N) is 1. The molecule has 0 radical (unpaired) electrons. The maximum absolute atomic E-state index is 12.4. The van der Waals surface area contributed by atoms with Crippen molar-refractivity contribution in [2.45, 2.75) is 32.2 Å². The summed E-state index contributed by atoms with van der Waals surface area (Å²) >= 11 is 0. The number of nitrogens with zero attached hydrogens (tertiary/aromatic N) is 1. The fraction of sp³-hybridized carbons (Fsp3) is 0.333. The van der Waals surface area contributed by atoms with Crippen molar-refractivity contribution in [2.24, 2.45) is 0 Å². The predicted molar refractivity (Wildman–Crippen MR) is 98.7 cm³/mol. The zero-order chi connectivity index (χ0) is 17.8. The largest absolute Gasteiger partial charge is 0.348 e. The van der Waals surface area contributed by atoms with Crippen molar-refractivity contribution >= 4 is 11.8 Å². The Hall–Kier alpha value is -2.62. The summed E-state index contributed by atoms with van der Waals surface area (Å²) < 4.78 is 0. The molecule has 0 saturated carbocycles. The van der Waals surface area contributed by atoms with Crippen LogP contribution in [0.1, 0.15) is 50.2 Å². The fourth-order valence-electron chi connectivity index (χ4n) is 3.18. The van der Waals surface area contributed by atoms with E-state index in [2.05, 4.69) is 11.4 Å². The third-order valence-corrected chi connectivity index (χ3v) is 4.67. The number of hydrogen-bond donors (Lipinski definition) is 1. The number of carbonyl (C=O) groups is 2. The topological polar surface area (TPSA) is 49.4 Å². The zero-order valence-electron chi connectivity index (χ0n) is 14.8. The lowest BCUT2D eigenvalue weighted by Crippen LogP contribution is -2.24. The van der Waals surface area contributed by atoms with E-state index in [1.807, 2.05) is 24.3 Å². The van der Waals surface area contributed by atoms with Crippen LogP contribution in [0, 0.1) is 0 Å². The molecule has 4 nitrogen and oxygen atoms in total. The van der Waals surface area contributed by atoms with Crippen LogP contribution in [0.5, 0.6) is 0 Å². The molecule has 0 spiro atoms. The molecule has 0 fully saturated rings. The van der Waals surface area contributed by atoms with Crippen LogP contribution in [-0.2, 0) is 19.4 Å². The Morgan fingerprint density at radius 3 is 2.24 bits per heavy atom. The third-order valence-electron chi connectivity index (χ3n) is 4.67. The van der Waals surface area contributed by atoms with Crippen LogP contribution in [0.4, 0.5) is 0 Å². The van der Waals surface area contributed by atoms with Crippen molar-refractivity contribution in [3.63, 3.8) is 0 Å². The van der Waals surface area contributed by atoms with Gasteiger partial charge in [-0.15, -0.1) is 0 Å². The molecule has 0 atom stereocenters. The number of benzene rings is 2. The van der Waals surface area contributed by atoms with Gasteiger partial charge in [-0.05, 0) is 66.6 Å². The van der Waals surface area contributed by atoms with Gasteiger partial charge in [0.2, 0.25) is 0 Å². The molecule has 1 N–H and O–H groups in total. The molecule has 25 heavy (non-hydrogen) atoms. The van der Waals surface area contributed by atoms with Gasteiger partial charge in [-0.3, -0.25) is 9.59 Å². The van der Waals surface area contributed by atoms with Crippen LogP contribution < -0.4 is 5.32 Å². The Morgan fingerprint density at radius 2 is 1.56 bits per heavy atom. The average molecular weight is 336 g/mol. The highest BCUT2D eigenvalue weighted by molar-refractivity contribution is 5.95. The lowest BCUT2D eigenvalue weighted by atomic mass is 9.90. The third kappa shape index (κ3) is 4.08. The van der Waals surface area contributed by atoms with E-state index >= 15 is 0 Å². The summed E-state index contributed by atoms with van der Waals surface area (Å²) in [6, 6.07) is 13.4. The van der Waals surface area contributed by atoms with Gasteiger partial charge in [-0.2, -0.15) is 0 Å². The number of carbonyl (C=O) groups excluding carboxylic acids is 2. The maximum atomic E-state index is 12.4. The van der Waals surface area contributed by atoms with Crippen molar-refractivity contribution < 1.29 is 9.59 Å². The Balaban J connectivity index is 1.61. The highest BCUT2D eigenvalue weighted by Crippen LogP contribution is 2.22. The molecule has 0 aromatic heterocycles. The molecule has 2 aromatic rings. The summed E-state index contributed by atoms with van der Waals surface area (Å²) in [6.45, 7) is 0.451. The Kier molecular flexibility index (Phi) is 5.17. The minimum Gasteiger partial charge on any atom is -0.348 e. The van der Waals surface area contributed by atoms with Crippen molar-refractivity contribution in [3.8, 4) is 0 Å². The van der Waals surface area contributed by atoms with Crippen LogP contribution in [0.2, 0.25) is 0 Å². The Bertz CT molecular complexity index is 779. The molecule has 0 bridgehead atoms. The van der Waals surface area contributed by atoms with Crippen molar-refractivity contribution in [1.82, 2.24) is 10.2 Å². The molecule has 4 heteroatoms. The van der Waals surface area contributed by atoms with E-state index in [0.29, 0.717) is 12.1 Å². The fourth-order valence-corrected chi connectivity index (χ4v) is 3.18. The standard InChI is InChI=1S/C21H24N2O2/c1-23(2)21(25)17-9-7-15(8-10-17)14-22-20(24)19-12-11-16-5-3-4-6-18(16)13-19/h7-13H,3-6,14H2,1-2H3,(H,22,24). The Labute approximate surface area is 148 Å². The monoisotopic (exact) mass is 336 g/mol. The number of hydrogen-bond acceptors (Lipinski definition) is 2. The van der Waals surface area contributed by atoms with Gasteiger partial charge < -0.3 is 10.2 Å². The van der Waals surface area contributed by atoms with Gasteiger partial charge in [0.25, 0.3) is 11.8 Å². The number of rotatable bonds is 4. The highest BCUT2D eigenvalue weighted by atomic mass is 16.2. The van der Waals surface area contributed by atoms with Crippen molar-refractivity contribution in [3.05, 3.63) is 70.3 Å². The molecule has 1 aliphatic rings. The first kappa shape index (κ1) is 17.2. The van der Waals surface area contributed by atoms with Gasteiger partial charge in [0, 0.05) is 31.8 Å². The first-order chi connectivity index (χ1) is 12.0. The quantitative estimate of drug-likeness (QED) is 0.932. The highest BCUT2D eigenvalue weighted by Gasteiger charge is 2.13. The molecule has 2 amide bonds. The molecule has 130 valence electrons. The zero-order valence-corrected chi connectivity index (χ0v) is 14.8. The van der Waals surface area contributed by atoms with Crippen LogP contribution in [0.3, 0.4) is 0 Å². The number of amides is 2. The second-order valence-corrected chi connectivity index (χ2v) is 6.77. The minimum atomic E-state index is -0.0539.